The molecule has 0 radical (unpaired) electrons. The van der Waals surface area contributed by atoms with Gasteiger partial charge in [-0.05, 0) is 18.8 Å². The van der Waals surface area contributed by atoms with E-state index in [1.807, 2.05) is 13.8 Å². The second-order valence-electron chi connectivity index (χ2n) is 4.62. The molecule has 14 heavy (non-hydrogen) atoms. The standard InChI is InChI=1S/C11H21NO2/c1-8(2)7-11(14)12-9-5-3-4-6-10(9)13/h8-10,13H,3-7H2,1-2H3,(H,12,14)/t9-,10-/m0/s1. The Bertz CT molecular complexity index is 192. The van der Waals surface area contributed by atoms with Gasteiger partial charge in [0.05, 0.1) is 12.1 Å². The topological polar surface area (TPSA) is 49.3 Å². The number of amides is 1. The molecule has 1 fully saturated rings. The van der Waals surface area contributed by atoms with E-state index < -0.39 is 0 Å². The van der Waals surface area contributed by atoms with Crippen molar-refractivity contribution in [2.24, 2.45) is 5.92 Å². The first kappa shape index (κ1) is 11.5. The fourth-order valence-electron chi connectivity index (χ4n) is 1.92. The van der Waals surface area contributed by atoms with Crippen LogP contribution in [0.2, 0.25) is 0 Å². The lowest BCUT2D eigenvalue weighted by Crippen LogP contribution is -2.45. The molecule has 0 aromatic carbocycles. The van der Waals surface area contributed by atoms with Gasteiger partial charge in [0.2, 0.25) is 5.91 Å². The zero-order valence-corrected chi connectivity index (χ0v) is 9.12. The van der Waals surface area contributed by atoms with Crippen molar-refractivity contribution in [3.05, 3.63) is 0 Å². The third-order valence-corrected chi connectivity index (χ3v) is 2.67. The highest BCUT2D eigenvalue weighted by atomic mass is 16.3. The number of hydrogen-bond donors (Lipinski definition) is 2. The van der Waals surface area contributed by atoms with Crippen molar-refractivity contribution >= 4 is 5.91 Å². The lowest BCUT2D eigenvalue weighted by molar-refractivity contribution is -0.123. The minimum Gasteiger partial charge on any atom is -0.391 e. The lowest BCUT2D eigenvalue weighted by atomic mass is 9.92. The van der Waals surface area contributed by atoms with E-state index in [0.717, 1.165) is 25.7 Å². The molecule has 1 aliphatic carbocycles. The summed E-state index contributed by atoms with van der Waals surface area (Å²) in [5.41, 5.74) is 0. The number of carbonyl (C=O) groups excluding carboxylic acids is 1. The van der Waals surface area contributed by atoms with E-state index in [1.165, 1.54) is 0 Å². The maximum atomic E-state index is 11.4. The SMILES string of the molecule is CC(C)CC(=O)N[C@H]1CCCC[C@@H]1O. The van der Waals surface area contributed by atoms with Gasteiger partial charge in [-0.1, -0.05) is 26.7 Å². The van der Waals surface area contributed by atoms with Crippen LogP contribution in [-0.4, -0.2) is 23.2 Å². The smallest absolute Gasteiger partial charge is 0.220 e. The Morgan fingerprint density at radius 3 is 2.64 bits per heavy atom. The Labute approximate surface area is 85.9 Å². The van der Waals surface area contributed by atoms with Gasteiger partial charge >= 0.3 is 0 Å². The van der Waals surface area contributed by atoms with E-state index in [0.29, 0.717) is 12.3 Å². The molecular formula is C11H21NO2. The molecule has 0 aromatic heterocycles. The van der Waals surface area contributed by atoms with Crippen molar-refractivity contribution in [3.8, 4) is 0 Å². The summed E-state index contributed by atoms with van der Waals surface area (Å²) in [4.78, 5) is 11.4. The third-order valence-electron chi connectivity index (χ3n) is 2.67. The number of nitrogens with one attached hydrogen (secondary N) is 1. The average molecular weight is 199 g/mol. The van der Waals surface area contributed by atoms with Crippen molar-refractivity contribution in [1.82, 2.24) is 5.32 Å². The van der Waals surface area contributed by atoms with E-state index >= 15 is 0 Å². The van der Waals surface area contributed by atoms with Crippen LogP contribution < -0.4 is 5.32 Å². The zero-order valence-electron chi connectivity index (χ0n) is 9.12. The molecule has 0 unspecified atom stereocenters. The minimum absolute atomic E-state index is 0.00463. The first-order chi connectivity index (χ1) is 6.59. The van der Waals surface area contributed by atoms with Crippen molar-refractivity contribution < 1.29 is 9.90 Å². The molecular weight excluding hydrogens is 178 g/mol. The number of aliphatic hydroxyl groups excluding tert-OH is 1. The van der Waals surface area contributed by atoms with Crippen LogP contribution in [0.15, 0.2) is 0 Å². The summed E-state index contributed by atoms with van der Waals surface area (Å²) in [5.74, 6) is 0.460. The second-order valence-corrected chi connectivity index (χ2v) is 4.62. The zero-order chi connectivity index (χ0) is 10.6. The molecule has 3 heteroatoms. The fraction of sp³-hybridized carbons (Fsp3) is 0.909. The van der Waals surface area contributed by atoms with Gasteiger partial charge in [0.15, 0.2) is 0 Å². The largest absolute Gasteiger partial charge is 0.391 e. The summed E-state index contributed by atoms with van der Waals surface area (Å²) in [7, 11) is 0. The molecule has 0 bridgehead atoms. The van der Waals surface area contributed by atoms with E-state index in [-0.39, 0.29) is 18.1 Å². The Hall–Kier alpha value is -0.570. The molecule has 0 aromatic rings. The van der Waals surface area contributed by atoms with Crippen LogP contribution in [0.1, 0.15) is 46.0 Å². The van der Waals surface area contributed by atoms with Crippen LogP contribution in [0.3, 0.4) is 0 Å². The molecule has 1 amide bonds. The maximum absolute atomic E-state index is 11.4. The Kier molecular flexibility index (Phi) is 4.39. The highest BCUT2D eigenvalue weighted by molar-refractivity contribution is 5.76. The Balaban J connectivity index is 2.31. The number of hydrogen-bond acceptors (Lipinski definition) is 2. The highest BCUT2D eigenvalue weighted by Crippen LogP contribution is 2.18. The predicted molar refractivity (Wildman–Crippen MR) is 55.9 cm³/mol. The quantitative estimate of drug-likeness (QED) is 0.723. The maximum Gasteiger partial charge on any atom is 0.220 e. The molecule has 0 spiro atoms. The normalized spacial score (nSPS) is 27.7. The van der Waals surface area contributed by atoms with Gasteiger partial charge in [0, 0.05) is 6.42 Å². The summed E-state index contributed by atoms with van der Waals surface area (Å²) in [6, 6.07) is -0.00463. The molecule has 1 aliphatic rings. The summed E-state index contributed by atoms with van der Waals surface area (Å²) < 4.78 is 0. The molecule has 0 saturated heterocycles. The van der Waals surface area contributed by atoms with E-state index in [9.17, 15) is 9.90 Å². The first-order valence-corrected chi connectivity index (χ1v) is 5.57. The summed E-state index contributed by atoms with van der Waals surface area (Å²) >= 11 is 0. The molecule has 1 saturated carbocycles. The van der Waals surface area contributed by atoms with Gasteiger partial charge in [-0.3, -0.25) is 4.79 Å². The molecule has 3 nitrogen and oxygen atoms in total. The number of rotatable bonds is 3. The molecule has 2 N–H and O–H groups in total. The second kappa shape index (κ2) is 5.35. The monoisotopic (exact) mass is 199 g/mol. The first-order valence-electron chi connectivity index (χ1n) is 5.57. The van der Waals surface area contributed by atoms with Gasteiger partial charge < -0.3 is 10.4 Å². The lowest BCUT2D eigenvalue weighted by Gasteiger charge is -2.28. The van der Waals surface area contributed by atoms with Crippen molar-refractivity contribution in [1.29, 1.82) is 0 Å². The number of aliphatic hydroxyl groups is 1. The highest BCUT2D eigenvalue weighted by Gasteiger charge is 2.24. The van der Waals surface area contributed by atoms with E-state index in [4.69, 9.17) is 0 Å². The predicted octanol–water partition coefficient (Wildman–Crippen LogP) is 1.45. The molecule has 0 aliphatic heterocycles. The Morgan fingerprint density at radius 1 is 1.43 bits per heavy atom. The molecule has 0 heterocycles. The van der Waals surface area contributed by atoms with Gasteiger partial charge in [0.1, 0.15) is 0 Å². The Morgan fingerprint density at radius 2 is 2.07 bits per heavy atom. The van der Waals surface area contributed by atoms with Crippen LogP contribution in [0.25, 0.3) is 0 Å². The minimum atomic E-state index is -0.333. The van der Waals surface area contributed by atoms with Crippen molar-refractivity contribution in [2.75, 3.05) is 0 Å². The summed E-state index contributed by atoms with van der Waals surface area (Å²) in [6.45, 7) is 4.05. The molecule has 2 atom stereocenters. The average Bonchev–Trinajstić information content (AvgIpc) is 2.07. The fourth-order valence-corrected chi connectivity index (χ4v) is 1.92. The third kappa shape index (κ3) is 3.66. The van der Waals surface area contributed by atoms with Crippen molar-refractivity contribution in [3.63, 3.8) is 0 Å². The molecule has 82 valence electrons. The summed E-state index contributed by atoms with van der Waals surface area (Å²) in [5, 5.41) is 12.5. The summed E-state index contributed by atoms with van der Waals surface area (Å²) in [6.07, 6.45) is 4.17. The van der Waals surface area contributed by atoms with Crippen LogP contribution in [-0.2, 0) is 4.79 Å². The van der Waals surface area contributed by atoms with Crippen molar-refractivity contribution in [2.45, 2.75) is 58.1 Å². The van der Waals surface area contributed by atoms with Gasteiger partial charge in [-0.25, -0.2) is 0 Å². The number of carbonyl (C=O) groups is 1. The van der Waals surface area contributed by atoms with Crippen LogP contribution in [0.4, 0.5) is 0 Å². The van der Waals surface area contributed by atoms with Gasteiger partial charge in [-0.2, -0.15) is 0 Å². The molecule has 1 rings (SSSR count). The van der Waals surface area contributed by atoms with E-state index in [2.05, 4.69) is 5.32 Å². The van der Waals surface area contributed by atoms with Gasteiger partial charge in [0.25, 0.3) is 0 Å². The van der Waals surface area contributed by atoms with E-state index in [1.54, 1.807) is 0 Å². The van der Waals surface area contributed by atoms with Crippen LogP contribution in [0, 0.1) is 5.92 Å². The van der Waals surface area contributed by atoms with Gasteiger partial charge in [-0.15, -0.1) is 0 Å². The van der Waals surface area contributed by atoms with Crippen LogP contribution in [0.5, 0.6) is 0 Å². The van der Waals surface area contributed by atoms with Crippen LogP contribution >= 0.6 is 0 Å².